The quantitative estimate of drug-likeness (QED) is 0.606. The van der Waals surface area contributed by atoms with Crippen molar-refractivity contribution in [2.45, 2.75) is 4.90 Å². The summed E-state index contributed by atoms with van der Waals surface area (Å²) in [5, 5.41) is 3.28. The number of rotatable bonds is 9. The first kappa shape index (κ1) is 23.3. The van der Waals surface area contributed by atoms with Crippen molar-refractivity contribution in [2.24, 2.45) is 0 Å². The minimum atomic E-state index is -3.99. The van der Waals surface area contributed by atoms with Crippen molar-refractivity contribution in [2.75, 3.05) is 57.4 Å². The third-order valence-corrected chi connectivity index (χ3v) is 6.94. The fourth-order valence-electron chi connectivity index (χ4n) is 3.16. The summed E-state index contributed by atoms with van der Waals surface area (Å²) in [5.41, 5.74) is 0.351. The number of anilines is 1. The second-order valence-corrected chi connectivity index (χ2v) is 9.27. The van der Waals surface area contributed by atoms with Gasteiger partial charge in [-0.05, 0) is 48.5 Å². The van der Waals surface area contributed by atoms with Gasteiger partial charge in [0.25, 0.3) is 10.0 Å². The second-order valence-electron chi connectivity index (χ2n) is 6.97. The lowest BCUT2D eigenvalue weighted by molar-refractivity contribution is -0.119. The van der Waals surface area contributed by atoms with E-state index in [1.165, 1.54) is 19.2 Å². The van der Waals surface area contributed by atoms with Gasteiger partial charge in [-0.1, -0.05) is 11.6 Å². The van der Waals surface area contributed by atoms with Gasteiger partial charge in [0, 0.05) is 31.2 Å². The molecule has 31 heavy (non-hydrogen) atoms. The molecule has 3 rings (SSSR count). The summed E-state index contributed by atoms with van der Waals surface area (Å²) in [6.07, 6.45) is 0. The van der Waals surface area contributed by atoms with E-state index >= 15 is 0 Å². The Labute approximate surface area is 187 Å². The molecule has 10 heteroatoms. The number of methoxy groups -OCH3 is 1. The Bertz CT molecular complexity index is 962. The number of hydrogen-bond acceptors (Lipinski definition) is 6. The maximum absolute atomic E-state index is 13.3. The molecule has 8 nitrogen and oxygen atoms in total. The normalized spacial score (nSPS) is 14.8. The Morgan fingerprint density at radius 1 is 1.13 bits per heavy atom. The Morgan fingerprint density at radius 3 is 2.39 bits per heavy atom. The zero-order valence-corrected chi connectivity index (χ0v) is 18.9. The number of carbonyl (C=O) groups is 1. The van der Waals surface area contributed by atoms with Crippen LogP contribution in [0.3, 0.4) is 0 Å². The fourth-order valence-corrected chi connectivity index (χ4v) is 4.71. The summed E-state index contributed by atoms with van der Waals surface area (Å²) in [6.45, 7) is 3.75. The number of nitrogens with one attached hydrogen (secondary N) is 1. The highest BCUT2D eigenvalue weighted by Gasteiger charge is 2.27. The van der Waals surface area contributed by atoms with Gasteiger partial charge in [0.15, 0.2) is 0 Å². The molecule has 0 aliphatic carbocycles. The van der Waals surface area contributed by atoms with Crippen LogP contribution in [0.4, 0.5) is 5.69 Å². The van der Waals surface area contributed by atoms with Crippen LogP contribution >= 0.6 is 11.6 Å². The SMILES string of the molecule is COc1ccc(S(=O)(=O)N(CC(=O)NCCN2CCOCC2)c2ccc(Cl)cc2)cc1. The predicted molar refractivity (Wildman–Crippen MR) is 119 cm³/mol. The topological polar surface area (TPSA) is 88.2 Å². The number of sulfonamides is 1. The van der Waals surface area contributed by atoms with E-state index in [4.69, 9.17) is 21.1 Å². The molecule has 1 aliphatic rings. The Kier molecular flexibility index (Phi) is 8.14. The monoisotopic (exact) mass is 467 g/mol. The second kappa shape index (κ2) is 10.8. The predicted octanol–water partition coefficient (Wildman–Crippen LogP) is 1.99. The summed E-state index contributed by atoms with van der Waals surface area (Å²) in [7, 11) is -2.48. The van der Waals surface area contributed by atoms with Crippen LogP contribution < -0.4 is 14.4 Å². The molecule has 2 aromatic rings. The minimum Gasteiger partial charge on any atom is -0.497 e. The first-order chi connectivity index (χ1) is 14.9. The molecule has 1 aliphatic heterocycles. The van der Waals surface area contributed by atoms with Gasteiger partial charge in [0.1, 0.15) is 12.3 Å². The number of hydrogen-bond donors (Lipinski definition) is 1. The van der Waals surface area contributed by atoms with Crippen LogP contribution in [0.5, 0.6) is 5.75 Å². The highest BCUT2D eigenvalue weighted by atomic mass is 35.5. The molecule has 168 valence electrons. The molecule has 1 saturated heterocycles. The molecule has 0 spiro atoms. The molecule has 0 atom stereocenters. The van der Waals surface area contributed by atoms with Crippen molar-refractivity contribution in [3.05, 3.63) is 53.6 Å². The standard InChI is InChI=1S/C21H26ClN3O5S/c1-29-19-6-8-20(9-7-19)31(27,28)25(18-4-2-17(22)3-5-18)16-21(26)23-10-11-24-12-14-30-15-13-24/h2-9H,10-16H2,1H3,(H,23,26). The molecule has 1 amide bonds. The van der Waals surface area contributed by atoms with Gasteiger partial charge in [0.2, 0.25) is 5.91 Å². The van der Waals surface area contributed by atoms with E-state index in [0.29, 0.717) is 42.8 Å². The number of ether oxygens (including phenoxy) is 2. The molecular formula is C21H26ClN3O5S. The number of benzene rings is 2. The van der Waals surface area contributed by atoms with Crippen LogP contribution in [0.15, 0.2) is 53.4 Å². The summed E-state index contributed by atoms with van der Waals surface area (Å²) in [6, 6.07) is 12.4. The van der Waals surface area contributed by atoms with E-state index in [1.54, 1.807) is 36.4 Å². The van der Waals surface area contributed by atoms with Crippen LogP contribution in [-0.4, -0.2) is 72.3 Å². The zero-order chi connectivity index (χ0) is 22.3. The summed E-state index contributed by atoms with van der Waals surface area (Å²) < 4.78 is 38.1. The maximum atomic E-state index is 13.3. The van der Waals surface area contributed by atoms with Crippen LogP contribution in [0.1, 0.15) is 0 Å². The molecule has 0 radical (unpaired) electrons. The lowest BCUT2D eigenvalue weighted by Crippen LogP contribution is -2.44. The van der Waals surface area contributed by atoms with Gasteiger partial charge in [0.05, 0.1) is 30.9 Å². The minimum absolute atomic E-state index is 0.0596. The molecule has 0 unspecified atom stereocenters. The van der Waals surface area contributed by atoms with Crippen LogP contribution in [0.25, 0.3) is 0 Å². The number of halogens is 1. The number of carbonyl (C=O) groups excluding carboxylic acids is 1. The Balaban J connectivity index is 1.74. The maximum Gasteiger partial charge on any atom is 0.264 e. The Morgan fingerprint density at radius 2 is 1.77 bits per heavy atom. The zero-order valence-electron chi connectivity index (χ0n) is 17.3. The molecule has 1 heterocycles. The highest BCUT2D eigenvalue weighted by molar-refractivity contribution is 7.92. The largest absolute Gasteiger partial charge is 0.497 e. The number of nitrogens with zero attached hydrogens (tertiary/aromatic N) is 2. The average Bonchev–Trinajstić information content (AvgIpc) is 2.79. The molecular weight excluding hydrogens is 442 g/mol. The highest BCUT2D eigenvalue weighted by Crippen LogP contribution is 2.26. The van der Waals surface area contributed by atoms with E-state index in [1.807, 2.05) is 0 Å². The van der Waals surface area contributed by atoms with Crippen molar-refractivity contribution in [3.8, 4) is 5.75 Å². The van der Waals surface area contributed by atoms with Gasteiger partial charge < -0.3 is 14.8 Å². The molecule has 2 aromatic carbocycles. The van der Waals surface area contributed by atoms with Crippen molar-refractivity contribution < 1.29 is 22.7 Å². The van der Waals surface area contributed by atoms with E-state index in [9.17, 15) is 13.2 Å². The molecule has 0 saturated carbocycles. The Hall–Kier alpha value is -2.33. The van der Waals surface area contributed by atoms with Crippen molar-refractivity contribution in [1.82, 2.24) is 10.2 Å². The van der Waals surface area contributed by atoms with Crippen molar-refractivity contribution in [1.29, 1.82) is 0 Å². The van der Waals surface area contributed by atoms with Gasteiger partial charge in [-0.2, -0.15) is 0 Å². The summed E-state index contributed by atoms with van der Waals surface area (Å²) in [5.74, 6) is 0.151. The van der Waals surface area contributed by atoms with E-state index in [2.05, 4.69) is 10.2 Å². The number of morpholine rings is 1. The third-order valence-electron chi connectivity index (χ3n) is 4.90. The first-order valence-corrected chi connectivity index (χ1v) is 11.7. The van der Waals surface area contributed by atoms with Crippen LogP contribution in [-0.2, 0) is 19.6 Å². The fraction of sp³-hybridized carbons (Fsp3) is 0.381. The van der Waals surface area contributed by atoms with Crippen LogP contribution in [0, 0.1) is 0 Å². The molecule has 1 fully saturated rings. The van der Waals surface area contributed by atoms with Crippen molar-refractivity contribution in [3.63, 3.8) is 0 Å². The number of amides is 1. The summed E-state index contributed by atoms with van der Waals surface area (Å²) >= 11 is 5.95. The van der Waals surface area contributed by atoms with Gasteiger partial charge in [-0.25, -0.2) is 8.42 Å². The van der Waals surface area contributed by atoms with E-state index in [-0.39, 0.29) is 17.3 Å². The van der Waals surface area contributed by atoms with Gasteiger partial charge in [-0.3, -0.25) is 14.0 Å². The third kappa shape index (κ3) is 6.33. The lowest BCUT2D eigenvalue weighted by Gasteiger charge is -2.27. The van der Waals surface area contributed by atoms with Gasteiger partial charge >= 0.3 is 0 Å². The lowest BCUT2D eigenvalue weighted by atomic mass is 10.3. The van der Waals surface area contributed by atoms with Gasteiger partial charge in [-0.15, -0.1) is 0 Å². The average molecular weight is 468 g/mol. The van der Waals surface area contributed by atoms with E-state index in [0.717, 1.165) is 17.4 Å². The molecule has 1 N–H and O–H groups in total. The molecule has 0 aromatic heterocycles. The summed E-state index contributed by atoms with van der Waals surface area (Å²) in [4.78, 5) is 14.9. The van der Waals surface area contributed by atoms with Crippen molar-refractivity contribution >= 4 is 33.2 Å². The van der Waals surface area contributed by atoms with E-state index < -0.39 is 10.0 Å². The van der Waals surface area contributed by atoms with Crippen LogP contribution in [0.2, 0.25) is 5.02 Å². The first-order valence-electron chi connectivity index (χ1n) is 9.89. The smallest absolute Gasteiger partial charge is 0.264 e. The molecule has 0 bridgehead atoms.